The minimum Gasteiger partial charge on any atom is -0.211 e. The number of benzene rings is 2. The van der Waals surface area contributed by atoms with E-state index in [0.29, 0.717) is 10.7 Å². The molecule has 22 heavy (non-hydrogen) atoms. The number of hydrogen-bond acceptors (Lipinski definition) is 3. The fraction of sp³-hybridized carbons (Fsp3) is 0.118. The molecule has 0 spiro atoms. The lowest BCUT2D eigenvalue weighted by atomic mass is 10.1. The lowest BCUT2D eigenvalue weighted by Crippen LogP contribution is -2.01. The highest BCUT2D eigenvalue weighted by Crippen LogP contribution is 2.31. The van der Waals surface area contributed by atoms with Gasteiger partial charge in [-0.2, -0.15) is 5.26 Å². The van der Waals surface area contributed by atoms with Gasteiger partial charge in [-0.05, 0) is 43.2 Å². The molecule has 0 saturated carbocycles. The van der Waals surface area contributed by atoms with Crippen LogP contribution in [0.5, 0.6) is 0 Å². The van der Waals surface area contributed by atoms with Crippen LogP contribution in [-0.2, 0) is 0 Å². The lowest BCUT2D eigenvalue weighted by molar-refractivity contribution is 0.805. The second kappa shape index (κ2) is 5.63. The zero-order valence-corrected chi connectivity index (χ0v) is 13.0. The molecule has 0 radical (unpaired) electrons. The van der Waals surface area contributed by atoms with Crippen molar-refractivity contribution in [1.29, 1.82) is 5.26 Å². The van der Waals surface area contributed by atoms with E-state index < -0.39 is 0 Å². The highest BCUT2D eigenvalue weighted by Gasteiger charge is 2.18. The maximum absolute atomic E-state index is 9.33. The summed E-state index contributed by atoms with van der Waals surface area (Å²) in [5.41, 5.74) is 4.71. The normalized spacial score (nSPS) is 10.5. The van der Waals surface area contributed by atoms with Gasteiger partial charge < -0.3 is 0 Å². The first kappa shape index (κ1) is 14.3. The average molecular weight is 309 g/mol. The van der Waals surface area contributed by atoms with E-state index in [1.165, 1.54) is 0 Å². The van der Waals surface area contributed by atoms with Gasteiger partial charge in [0.25, 0.3) is 0 Å². The van der Waals surface area contributed by atoms with Crippen LogP contribution in [0.25, 0.3) is 16.9 Å². The topological polar surface area (TPSA) is 54.5 Å². The molecule has 5 heteroatoms. The maximum Gasteiger partial charge on any atom is 0.191 e. The first-order chi connectivity index (χ1) is 10.6. The summed E-state index contributed by atoms with van der Waals surface area (Å²) in [7, 11) is 0. The van der Waals surface area contributed by atoms with Crippen LogP contribution in [0, 0.1) is 25.2 Å². The van der Waals surface area contributed by atoms with Gasteiger partial charge >= 0.3 is 0 Å². The standard InChI is InChI=1S/C17H13ClN4/c1-11-7-12(2)9-13(8-11)22-17(16(10-19)20-21-22)14-5-3-4-6-15(14)18/h3-9H,1-2H3. The van der Waals surface area contributed by atoms with Crippen LogP contribution in [0.15, 0.2) is 42.5 Å². The van der Waals surface area contributed by atoms with Crippen LogP contribution in [0.1, 0.15) is 16.8 Å². The molecule has 0 saturated heterocycles. The minimum atomic E-state index is 0.257. The molecular weight excluding hydrogens is 296 g/mol. The van der Waals surface area contributed by atoms with Crippen molar-refractivity contribution >= 4 is 11.6 Å². The molecule has 0 fully saturated rings. The Bertz CT molecular complexity index is 870. The quantitative estimate of drug-likeness (QED) is 0.717. The Morgan fingerprint density at radius 3 is 2.41 bits per heavy atom. The molecule has 3 rings (SSSR count). The third-order valence-corrected chi connectivity index (χ3v) is 3.69. The van der Waals surface area contributed by atoms with Crippen LogP contribution in [0.2, 0.25) is 5.02 Å². The van der Waals surface area contributed by atoms with E-state index in [9.17, 15) is 5.26 Å². The monoisotopic (exact) mass is 308 g/mol. The predicted molar refractivity (Wildman–Crippen MR) is 86.0 cm³/mol. The van der Waals surface area contributed by atoms with Crippen molar-refractivity contribution in [3.63, 3.8) is 0 Å². The summed E-state index contributed by atoms with van der Waals surface area (Å²) in [5, 5.41) is 18.0. The van der Waals surface area contributed by atoms with E-state index in [2.05, 4.69) is 22.4 Å². The third-order valence-electron chi connectivity index (χ3n) is 3.36. The SMILES string of the molecule is Cc1cc(C)cc(-n2nnc(C#N)c2-c2ccccc2Cl)c1. The van der Waals surface area contributed by atoms with Gasteiger partial charge in [-0.15, -0.1) is 5.10 Å². The van der Waals surface area contributed by atoms with Gasteiger partial charge in [0.1, 0.15) is 11.8 Å². The summed E-state index contributed by atoms with van der Waals surface area (Å²) < 4.78 is 1.67. The van der Waals surface area contributed by atoms with Crippen molar-refractivity contribution in [2.45, 2.75) is 13.8 Å². The van der Waals surface area contributed by atoms with Crippen molar-refractivity contribution in [3.05, 3.63) is 64.3 Å². The number of hydrogen-bond donors (Lipinski definition) is 0. The third kappa shape index (κ3) is 2.47. The molecule has 3 aromatic rings. The van der Waals surface area contributed by atoms with Crippen molar-refractivity contribution < 1.29 is 0 Å². The lowest BCUT2D eigenvalue weighted by Gasteiger charge is -2.10. The van der Waals surface area contributed by atoms with E-state index >= 15 is 0 Å². The van der Waals surface area contributed by atoms with Crippen molar-refractivity contribution in [3.8, 4) is 23.0 Å². The fourth-order valence-electron chi connectivity index (χ4n) is 2.51. The van der Waals surface area contributed by atoms with Crippen LogP contribution in [0.4, 0.5) is 0 Å². The van der Waals surface area contributed by atoms with Gasteiger partial charge in [0.15, 0.2) is 5.69 Å². The zero-order valence-electron chi connectivity index (χ0n) is 12.2. The molecule has 1 heterocycles. The van der Waals surface area contributed by atoms with E-state index in [-0.39, 0.29) is 5.69 Å². The minimum absolute atomic E-state index is 0.257. The highest BCUT2D eigenvalue weighted by atomic mass is 35.5. The van der Waals surface area contributed by atoms with E-state index in [1.807, 2.05) is 44.2 Å². The Morgan fingerprint density at radius 1 is 1.09 bits per heavy atom. The summed E-state index contributed by atoms with van der Waals surface area (Å²) in [6.45, 7) is 4.04. The Hall–Kier alpha value is -2.64. The van der Waals surface area contributed by atoms with E-state index in [4.69, 9.17) is 11.6 Å². The van der Waals surface area contributed by atoms with Gasteiger partial charge in [-0.3, -0.25) is 0 Å². The second-order valence-electron chi connectivity index (χ2n) is 5.14. The molecule has 0 unspecified atom stereocenters. The van der Waals surface area contributed by atoms with E-state index in [1.54, 1.807) is 10.7 Å². The molecule has 0 bridgehead atoms. The fourth-order valence-corrected chi connectivity index (χ4v) is 2.73. The molecule has 0 aliphatic rings. The van der Waals surface area contributed by atoms with Crippen molar-refractivity contribution in [1.82, 2.24) is 15.0 Å². The summed E-state index contributed by atoms with van der Waals surface area (Å²) in [6.07, 6.45) is 0. The molecule has 4 nitrogen and oxygen atoms in total. The zero-order chi connectivity index (χ0) is 15.7. The van der Waals surface area contributed by atoms with Gasteiger partial charge in [0, 0.05) is 5.56 Å². The average Bonchev–Trinajstić information content (AvgIpc) is 2.90. The Labute approximate surface area is 133 Å². The van der Waals surface area contributed by atoms with Gasteiger partial charge in [-0.25, -0.2) is 4.68 Å². The number of aromatic nitrogens is 3. The largest absolute Gasteiger partial charge is 0.211 e. The molecule has 1 aromatic heterocycles. The molecule has 0 aliphatic carbocycles. The molecule has 0 atom stereocenters. The molecule has 108 valence electrons. The van der Waals surface area contributed by atoms with Crippen LogP contribution in [0.3, 0.4) is 0 Å². The molecular formula is C17H13ClN4. The number of nitrogens with zero attached hydrogens (tertiary/aromatic N) is 4. The number of aryl methyl sites for hydroxylation is 2. The predicted octanol–water partition coefficient (Wildman–Crippen LogP) is 4.08. The second-order valence-corrected chi connectivity index (χ2v) is 5.54. The summed E-state index contributed by atoms with van der Waals surface area (Å²) in [4.78, 5) is 0. The van der Waals surface area contributed by atoms with Crippen LogP contribution >= 0.6 is 11.6 Å². The Balaban J connectivity index is 2.29. The van der Waals surface area contributed by atoms with Crippen molar-refractivity contribution in [2.75, 3.05) is 0 Å². The van der Waals surface area contributed by atoms with Crippen LogP contribution in [-0.4, -0.2) is 15.0 Å². The Kier molecular flexibility index (Phi) is 3.66. The smallest absolute Gasteiger partial charge is 0.191 e. The van der Waals surface area contributed by atoms with Crippen LogP contribution < -0.4 is 0 Å². The molecule has 0 aliphatic heterocycles. The molecule has 2 aromatic carbocycles. The van der Waals surface area contributed by atoms with Gasteiger partial charge in [0.05, 0.1) is 10.7 Å². The summed E-state index contributed by atoms with van der Waals surface area (Å²) in [6, 6.07) is 15.6. The Morgan fingerprint density at radius 2 is 1.77 bits per heavy atom. The molecule has 0 N–H and O–H groups in total. The maximum atomic E-state index is 9.33. The van der Waals surface area contributed by atoms with Gasteiger partial charge in [-0.1, -0.05) is 41.1 Å². The number of nitriles is 1. The van der Waals surface area contributed by atoms with Crippen molar-refractivity contribution in [2.24, 2.45) is 0 Å². The molecule has 0 amide bonds. The summed E-state index contributed by atoms with van der Waals surface area (Å²) >= 11 is 6.29. The number of halogens is 1. The van der Waals surface area contributed by atoms with E-state index in [0.717, 1.165) is 22.4 Å². The highest BCUT2D eigenvalue weighted by molar-refractivity contribution is 6.33. The summed E-state index contributed by atoms with van der Waals surface area (Å²) in [5.74, 6) is 0. The van der Waals surface area contributed by atoms with Gasteiger partial charge in [0.2, 0.25) is 0 Å². The first-order valence-electron chi connectivity index (χ1n) is 6.79. The number of rotatable bonds is 2. The first-order valence-corrected chi connectivity index (χ1v) is 7.17.